The Morgan fingerprint density at radius 2 is 1.75 bits per heavy atom. The molecule has 1 amide bonds. The summed E-state index contributed by atoms with van der Waals surface area (Å²) in [5.41, 5.74) is 1.96. The smallest absolute Gasteiger partial charge is 0.491 e. The molecule has 3 aromatic rings. The highest BCUT2D eigenvalue weighted by Crippen LogP contribution is 2.32. The van der Waals surface area contributed by atoms with Crippen LogP contribution in [0.2, 0.25) is 0 Å². The largest absolute Gasteiger partial charge is 0.573 e. The number of rotatable bonds is 5. The molecule has 0 saturated heterocycles. The molecular formula is C24H19F4NO3. The fraction of sp³-hybridized carbons (Fsp3) is 0.208. The monoisotopic (exact) mass is 445 g/mol. The summed E-state index contributed by atoms with van der Waals surface area (Å²) in [6, 6.07) is 16.9. The highest BCUT2D eigenvalue weighted by atomic mass is 19.4. The van der Waals surface area contributed by atoms with E-state index in [0.717, 1.165) is 0 Å². The van der Waals surface area contributed by atoms with Crippen LogP contribution in [0.4, 0.5) is 17.6 Å². The molecular weight excluding hydrogens is 426 g/mol. The second kappa shape index (κ2) is 8.90. The van der Waals surface area contributed by atoms with E-state index >= 15 is 0 Å². The first-order chi connectivity index (χ1) is 15.3. The fourth-order valence-corrected chi connectivity index (χ4v) is 3.58. The van der Waals surface area contributed by atoms with Gasteiger partial charge >= 0.3 is 6.36 Å². The maximum atomic E-state index is 13.9. The Hall–Kier alpha value is -3.55. The van der Waals surface area contributed by atoms with Crippen LogP contribution in [0.5, 0.6) is 11.5 Å². The lowest BCUT2D eigenvalue weighted by molar-refractivity contribution is -0.274. The molecule has 0 fully saturated rings. The normalized spacial score (nSPS) is 13.9. The lowest BCUT2D eigenvalue weighted by Gasteiger charge is -2.20. The number of hydrogen-bond donors (Lipinski definition) is 0. The molecule has 0 atom stereocenters. The molecule has 0 radical (unpaired) electrons. The van der Waals surface area contributed by atoms with Crippen molar-refractivity contribution in [3.8, 4) is 22.6 Å². The van der Waals surface area contributed by atoms with Crippen LogP contribution in [-0.4, -0.2) is 36.9 Å². The van der Waals surface area contributed by atoms with E-state index in [4.69, 9.17) is 4.74 Å². The van der Waals surface area contributed by atoms with Crippen molar-refractivity contribution in [3.05, 3.63) is 83.7 Å². The van der Waals surface area contributed by atoms with Gasteiger partial charge in [0, 0.05) is 6.54 Å². The van der Waals surface area contributed by atoms with Gasteiger partial charge in [0.25, 0.3) is 5.91 Å². The lowest BCUT2D eigenvalue weighted by Crippen LogP contribution is -2.34. The van der Waals surface area contributed by atoms with Crippen LogP contribution in [0.15, 0.2) is 66.7 Å². The average molecular weight is 445 g/mol. The van der Waals surface area contributed by atoms with Crippen molar-refractivity contribution >= 4 is 5.91 Å². The van der Waals surface area contributed by atoms with Crippen molar-refractivity contribution in [3.63, 3.8) is 0 Å². The SMILES string of the molecule is O=C1c2ccc(-c3cccc(OC(F)(F)F)c3)cc2OCCN1CCc1ccccc1F. The summed E-state index contributed by atoms with van der Waals surface area (Å²) in [6.45, 7) is 0.921. The van der Waals surface area contributed by atoms with E-state index in [1.807, 2.05) is 0 Å². The van der Waals surface area contributed by atoms with Gasteiger partial charge in [0.15, 0.2) is 0 Å². The molecule has 32 heavy (non-hydrogen) atoms. The van der Waals surface area contributed by atoms with Crippen LogP contribution in [0.3, 0.4) is 0 Å². The van der Waals surface area contributed by atoms with E-state index in [9.17, 15) is 22.4 Å². The first-order valence-corrected chi connectivity index (χ1v) is 9.96. The second-order valence-corrected chi connectivity index (χ2v) is 7.27. The first-order valence-electron chi connectivity index (χ1n) is 9.96. The number of benzene rings is 3. The van der Waals surface area contributed by atoms with Gasteiger partial charge in [-0.25, -0.2) is 4.39 Å². The third-order valence-electron chi connectivity index (χ3n) is 5.13. The minimum atomic E-state index is -4.78. The van der Waals surface area contributed by atoms with Gasteiger partial charge in [-0.3, -0.25) is 4.79 Å². The number of carbonyl (C=O) groups is 1. The van der Waals surface area contributed by atoms with E-state index in [2.05, 4.69) is 4.74 Å². The number of carbonyl (C=O) groups excluding carboxylic acids is 1. The summed E-state index contributed by atoms with van der Waals surface area (Å²) in [7, 11) is 0. The Balaban J connectivity index is 1.53. The van der Waals surface area contributed by atoms with E-state index in [0.29, 0.717) is 47.5 Å². The van der Waals surface area contributed by atoms with Gasteiger partial charge in [0.2, 0.25) is 0 Å². The molecule has 1 aliphatic rings. The lowest BCUT2D eigenvalue weighted by atomic mass is 10.0. The molecule has 3 aromatic carbocycles. The first kappa shape index (κ1) is 21.7. The Morgan fingerprint density at radius 1 is 0.969 bits per heavy atom. The Kier molecular flexibility index (Phi) is 6.03. The number of fused-ring (bicyclic) bond motifs is 1. The second-order valence-electron chi connectivity index (χ2n) is 7.27. The summed E-state index contributed by atoms with van der Waals surface area (Å²) < 4.78 is 61.2. The minimum absolute atomic E-state index is 0.241. The third-order valence-corrected chi connectivity index (χ3v) is 5.13. The van der Waals surface area contributed by atoms with Crippen LogP contribution < -0.4 is 9.47 Å². The van der Waals surface area contributed by atoms with Crippen molar-refractivity contribution in [2.24, 2.45) is 0 Å². The van der Waals surface area contributed by atoms with Crippen molar-refractivity contribution in [2.45, 2.75) is 12.8 Å². The number of halogens is 4. The zero-order valence-corrected chi connectivity index (χ0v) is 16.9. The third kappa shape index (κ3) is 5.01. The molecule has 0 saturated carbocycles. The van der Waals surface area contributed by atoms with Gasteiger partial charge in [-0.2, -0.15) is 0 Å². The quantitative estimate of drug-likeness (QED) is 0.489. The van der Waals surface area contributed by atoms with Gasteiger partial charge in [-0.1, -0.05) is 36.4 Å². The molecule has 0 aliphatic carbocycles. The van der Waals surface area contributed by atoms with Gasteiger partial charge < -0.3 is 14.4 Å². The molecule has 4 nitrogen and oxygen atoms in total. The molecule has 0 bridgehead atoms. The zero-order valence-electron chi connectivity index (χ0n) is 16.9. The van der Waals surface area contributed by atoms with Crippen molar-refractivity contribution in [1.82, 2.24) is 4.90 Å². The van der Waals surface area contributed by atoms with Gasteiger partial charge in [0.05, 0.1) is 12.1 Å². The van der Waals surface area contributed by atoms with Gasteiger partial charge in [-0.05, 0) is 53.4 Å². The highest BCUT2D eigenvalue weighted by molar-refractivity contribution is 5.98. The van der Waals surface area contributed by atoms with E-state index in [1.54, 1.807) is 47.4 Å². The van der Waals surface area contributed by atoms with Crippen molar-refractivity contribution in [2.75, 3.05) is 19.7 Å². The number of amides is 1. The van der Waals surface area contributed by atoms with Crippen molar-refractivity contribution < 1.29 is 31.8 Å². The number of hydrogen-bond acceptors (Lipinski definition) is 3. The molecule has 0 N–H and O–H groups in total. The zero-order chi connectivity index (χ0) is 22.7. The van der Waals surface area contributed by atoms with Crippen LogP contribution in [0.25, 0.3) is 11.1 Å². The standard InChI is InChI=1S/C24H19F4NO3/c25-21-7-2-1-4-16(21)10-11-29-12-13-31-22-15-18(8-9-20(22)23(29)30)17-5-3-6-19(14-17)32-24(26,27)28/h1-9,14-15H,10-13H2. The molecule has 0 aromatic heterocycles. The minimum Gasteiger partial charge on any atom is -0.491 e. The molecule has 8 heteroatoms. The van der Waals surface area contributed by atoms with Gasteiger partial charge in [0.1, 0.15) is 23.9 Å². The predicted octanol–water partition coefficient (Wildman–Crippen LogP) is 5.47. The summed E-state index contributed by atoms with van der Waals surface area (Å²) >= 11 is 0. The molecule has 1 aliphatic heterocycles. The summed E-state index contributed by atoms with van der Waals surface area (Å²) in [5.74, 6) is -0.536. The predicted molar refractivity (Wildman–Crippen MR) is 110 cm³/mol. The van der Waals surface area contributed by atoms with Crippen LogP contribution in [0, 0.1) is 5.82 Å². The topological polar surface area (TPSA) is 38.8 Å². The van der Waals surface area contributed by atoms with Gasteiger partial charge in [-0.15, -0.1) is 13.2 Å². The van der Waals surface area contributed by atoms with E-state index in [1.165, 1.54) is 24.3 Å². The average Bonchev–Trinajstić information content (AvgIpc) is 2.90. The summed E-state index contributed by atoms with van der Waals surface area (Å²) in [6.07, 6.45) is -4.41. The molecule has 0 unspecified atom stereocenters. The van der Waals surface area contributed by atoms with E-state index < -0.39 is 6.36 Å². The van der Waals surface area contributed by atoms with Crippen LogP contribution in [0.1, 0.15) is 15.9 Å². The molecule has 0 spiro atoms. The number of alkyl halides is 3. The maximum Gasteiger partial charge on any atom is 0.573 e. The Bertz CT molecular complexity index is 1130. The van der Waals surface area contributed by atoms with Crippen molar-refractivity contribution in [1.29, 1.82) is 0 Å². The van der Waals surface area contributed by atoms with E-state index in [-0.39, 0.29) is 24.1 Å². The Morgan fingerprint density at radius 3 is 2.53 bits per heavy atom. The number of nitrogens with zero attached hydrogens (tertiary/aromatic N) is 1. The molecule has 1 heterocycles. The molecule has 4 rings (SSSR count). The fourth-order valence-electron chi connectivity index (χ4n) is 3.58. The number of ether oxygens (including phenoxy) is 2. The Labute approximate surface area is 182 Å². The molecule has 166 valence electrons. The summed E-state index contributed by atoms with van der Waals surface area (Å²) in [5, 5.41) is 0. The maximum absolute atomic E-state index is 13.9. The summed E-state index contributed by atoms with van der Waals surface area (Å²) in [4.78, 5) is 14.6. The van der Waals surface area contributed by atoms with Crippen LogP contribution >= 0.6 is 0 Å². The van der Waals surface area contributed by atoms with Crippen LogP contribution in [-0.2, 0) is 6.42 Å². The highest BCUT2D eigenvalue weighted by Gasteiger charge is 2.31.